The molecule has 0 aromatic rings. The molecule has 0 spiro atoms. The number of hydrogen-bond acceptors (Lipinski definition) is 4. The van der Waals surface area contributed by atoms with Crippen LogP contribution in [0.1, 0.15) is 32.6 Å². The lowest BCUT2D eigenvalue weighted by Crippen LogP contribution is -2.41. The molecule has 2 heterocycles. The summed E-state index contributed by atoms with van der Waals surface area (Å²) in [5.41, 5.74) is 0. The maximum atomic E-state index is 6.09. The Labute approximate surface area is 111 Å². The van der Waals surface area contributed by atoms with Crippen molar-refractivity contribution in [2.24, 2.45) is 0 Å². The molecule has 0 aliphatic carbocycles. The van der Waals surface area contributed by atoms with Crippen molar-refractivity contribution in [2.45, 2.75) is 50.9 Å². The minimum atomic E-state index is 0.429. The quantitative estimate of drug-likeness (QED) is 0.775. The average molecular weight is 256 g/mol. The molecular weight excluding hydrogens is 228 g/mol. The van der Waals surface area contributed by atoms with E-state index in [4.69, 9.17) is 9.47 Å². The Balaban J connectivity index is 1.66. The van der Waals surface area contributed by atoms with Crippen molar-refractivity contribution in [1.29, 1.82) is 0 Å². The molecule has 0 radical (unpaired) electrons. The summed E-state index contributed by atoms with van der Waals surface area (Å²) in [7, 11) is 2.23. The zero-order valence-electron chi connectivity index (χ0n) is 11.9. The van der Waals surface area contributed by atoms with E-state index in [0.29, 0.717) is 18.2 Å². The monoisotopic (exact) mass is 256 g/mol. The predicted molar refractivity (Wildman–Crippen MR) is 72.9 cm³/mol. The van der Waals surface area contributed by atoms with Crippen molar-refractivity contribution in [3.8, 4) is 0 Å². The minimum Gasteiger partial charge on any atom is -0.381 e. The molecule has 4 nitrogen and oxygen atoms in total. The van der Waals surface area contributed by atoms with Gasteiger partial charge in [0.2, 0.25) is 0 Å². The number of hydrogen-bond donors (Lipinski definition) is 1. The molecule has 0 aromatic carbocycles. The molecule has 2 saturated heterocycles. The van der Waals surface area contributed by atoms with E-state index in [1.54, 1.807) is 0 Å². The zero-order chi connectivity index (χ0) is 12.8. The van der Waals surface area contributed by atoms with Gasteiger partial charge in [-0.1, -0.05) is 6.92 Å². The van der Waals surface area contributed by atoms with E-state index in [9.17, 15) is 0 Å². The largest absolute Gasteiger partial charge is 0.381 e. The van der Waals surface area contributed by atoms with Crippen LogP contribution in [0.25, 0.3) is 0 Å². The highest BCUT2D eigenvalue weighted by atomic mass is 16.5. The first-order valence-electron chi connectivity index (χ1n) is 7.43. The van der Waals surface area contributed by atoms with Crippen LogP contribution < -0.4 is 5.32 Å². The molecule has 1 N–H and O–H groups in total. The third-order valence-corrected chi connectivity index (χ3v) is 4.12. The van der Waals surface area contributed by atoms with Crippen LogP contribution in [0.15, 0.2) is 0 Å². The van der Waals surface area contributed by atoms with Crippen LogP contribution >= 0.6 is 0 Å². The summed E-state index contributed by atoms with van der Waals surface area (Å²) in [5, 5.41) is 3.37. The van der Waals surface area contributed by atoms with Crippen LogP contribution in [0.2, 0.25) is 0 Å². The molecule has 106 valence electrons. The van der Waals surface area contributed by atoms with E-state index in [2.05, 4.69) is 24.2 Å². The van der Waals surface area contributed by atoms with Crippen molar-refractivity contribution in [1.82, 2.24) is 10.2 Å². The van der Waals surface area contributed by atoms with Crippen LogP contribution in [0.5, 0.6) is 0 Å². The Kier molecular flexibility index (Phi) is 5.89. The fourth-order valence-electron chi connectivity index (χ4n) is 2.97. The third kappa shape index (κ3) is 4.19. The van der Waals surface area contributed by atoms with E-state index < -0.39 is 0 Å². The average Bonchev–Trinajstić information content (AvgIpc) is 2.85. The van der Waals surface area contributed by atoms with E-state index >= 15 is 0 Å². The van der Waals surface area contributed by atoms with E-state index in [1.165, 1.54) is 25.7 Å². The first-order chi connectivity index (χ1) is 8.79. The Hall–Kier alpha value is -0.160. The molecule has 0 saturated carbocycles. The second kappa shape index (κ2) is 7.43. The minimum absolute atomic E-state index is 0.429. The number of ether oxygens (including phenoxy) is 2. The van der Waals surface area contributed by atoms with Crippen LogP contribution in [0.3, 0.4) is 0 Å². The van der Waals surface area contributed by atoms with E-state index in [1.807, 2.05) is 0 Å². The molecule has 2 unspecified atom stereocenters. The van der Waals surface area contributed by atoms with Gasteiger partial charge in [-0.25, -0.2) is 0 Å². The number of likely N-dealkylation sites (N-methyl/N-ethyl adjacent to an activating group) is 2. The molecule has 2 fully saturated rings. The highest BCUT2D eigenvalue weighted by Gasteiger charge is 2.28. The molecule has 2 aliphatic rings. The Morgan fingerprint density at radius 3 is 2.56 bits per heavy atom. The second-order valence-electron chi connectivity index (χ2n) is 5.55. The molecular formula is C14H28N2O2. The van der Waals surface area contributed by atoms with E-state index in [0.717, 1.165) is 32.8 Å². The maximum Gasteiger partial charge on any atom is 0.0707 e. The first kappa shape index (κ1) is 14.3. The van der Waals surface area contributed by atoms with Crippen LogP contribution in [-0.4, -0.2) is 63.0 Å². The van der Waals surface area contributed by atoms with Crippen molar-refractivity contribution < 1.29 is 9.47 Å². The summed E-state index contributed by atoms with van der Waals surface area (Å²) in [6.45, 7) is 7.10. The van der Waals surface area contributed by atoms with Crippen molar-refractivity contribution in [3.63, 3.8) is 0 Å². The van der Waals surface area contributed by atoms with Gasteiger partial charge in [-0.05, 0) is 39.3 Å². The van der Waals surface area contributed by atoms with Crippen molar-refractivity contribution in [2.75, 3.05) is 39.9 Å². The summed E-state index contributed by atoms with van der Waals surface area (Å²) in [5.74, 6) is 0. The van der Waals surface area contributed by atoms with Gasteiger partial charge in [0, 0.05) is 32.3 Å². The first-order valence-corrected chi connectivity index (χ1v) is 7.43. The van der Waals surface area contributed by atoms with Gasteiger partial charge in [0.05, 0.1) is 12.2 Å². The van der Waals surface area contributed by atoms with Gasteiger partial charge in [-0.15, -0.1) is 0 Å². The lowest BCUT2D eigenvalue weighted by Gasteiger charge is -2.32. The smallest absolute Gasteiger partial charge is 0.0707 e. The molecule has 2 rings (SSSR count). The lowest BCUT2D eigenvalue weighted by molar-refractivity contribution is -0.00119. The normalized spacial score (nSPS) is 30.2. The van der Waals surface area contributed by atoms with Gasteiger partial charge in [-0.2, -0.15) is 0 Å². The highest BCUT2D eigenvalue weighted by Crippen LogP contribution is 2.22. The fourth-order valence-corrected chi connectivity index (χ4v) is 2.97. The standard InChI is InChI=1S/C14H28N2O2/c1-3-15-10-13-4-5-14(18-13)11-16(2)12-6-8-17-9-7-12/h12-15H,3-11H2,1-2H3. The van der Waals surface area contributed by atoms with Crippen molar-refractivity contribution >= 4 is 0 Å². The molecule has 0 bridgehead atoms. The Morgan fingerprint density at radius 2 is 1.83 bits per heavy atom. The summed E-state index contributed by atoms with van der Waals surface area (Å²) in [6, 6.07) is 0.690. The summed E-state index contributed by atoms with van der Waals surface area (Å²) in [4.78, 5) is 2.48. The fraction of sp³-hybridized carbons (Fsp3) is 1.00. The Bertz CT molecular complexity index is 232. The molecule has 2 aliphatic heterocycles. The summed E-state index contributed by atoms with van der Waals surface area (Å²) in [6.07, 6.45) is 5.62. The van der Waals surface area contributed by atoms with Gasteiger partial charge < -0.3 is 19.7 Å². The van der Waals surface area contributed by atoms with Crippen LogP contribution in [0.4, 0.5) is 0 Å². The van der Waals surface area contributed by atoms with Crippen LogP contribution in [0, 0.1) is 0 Å². The second-order valence-corrected chi connectivity index (χ2v) is 5.55. The third-order valence-electron chi connectivity index (χ3n) is 4.12. The van der Waals surface area contributed by atoms with Gasteiger partial charge in [-0.3, -0.25) is 0 Å². The maximum absolute atomic E-state index is 6.09. The van der Waals surface area contributed by atoms with Crippen LogP contribution in [-0.2, 0) is 9.47 Å². The van der Waals surface area contributed by atoms with Gasteiger partial charge in [0.1, 0.15) is 0 Å². The number of nitrogens with one attached hydrogen (secondary N) is 1. The van der Waals surface area contributed by atoms with Crippen molar-refractivity contribution in [3.05, 3.63) is 0 Å². The Morgan fingerprint density at radius 1 is 1.11 bits per heavy atom. The topological polar surface area (TPSA) is 33.7 Å². The van der Waals surface area contributed by atoms with E-state index in [-0.39, 0.29) is 0 Å². The SMILES string of the molecule is CCNCC1CCC(CN(C)C2CCOCC2)O1. The predicted octanol–water partition coefficient (Wildman–Crippen LogP) is 1.25. The van der Waals surface area contributed by atoms with Gasteiger partial charge in [0.15, 0.2) is 0 Å². The zero-order valence-corrected chi connectivity index (χ0v) is 11.9. The summed E-state index contributed by atoms with van der Waals surface area (Å²) < 4.78 is 11.5. The number of nitrogens with zero attached hydrogens (tertiary/aromatic N) is 1. The van der Waals surface area contributed by atoms with Gasteiger partial charge in [0.25, 0.3) is 0 Å². The molecule has 0 aromatic heterocycles. The molecule has 18 heavy (non-hydrogen) atoms. The molecule has 2 atom stereocenters. The number of rotatable bonds is 6. The van der Waals surface area contributed by atoms with Gasteiger partial charge >= 0.3 is 0 Å². The molecule has 4 heteroatoms. The summed E-state index contributed by atoms with van der Waals surface area (Å²) >= 11 is 0. The highest BCUT2D eigenvalue weighted by molar-refractivity contribution is 4.80. The lowest BCUT2D eigenvalue weighted by atomic mass is 10.1. The molecule has 0 amide bonds.